The number of thioether (sulfide) groups is 1. The molecule has 0 saturated carbocycles. The number of aromatic nitrogens is 2. The maximum absolute atomic E-state index is 13.2. The minimum absolute atomic E-state index is 0.0688. The predicted octanol–water partition coefficient (Wildman–Crippen LogP) is 3.32. The number of allylic oxidation sites excluding steroid dienone is 2. The van der Waals surface area contributed by atoms with Crippen LogP contribution in [0.5, 0.6) is 0 Å². The third-order valence-corrected chi connectivity index (χ3v) is 3.64. The fraction of sp³-hybridized carbons (Fsp3) is 0.286. The minimum Gasteiger partial charge on any atom is -0.481 e. The van der Waals surface area contributed by atoms with Crippen LogP contribution in [0.25, 0.3) is 11.0 Å². The first-order chi connectivity index (χ1) is 9.47. The zero-order chi connectivity index (χ0) is 14.7. The highest BCUT2D eigenvalue weighted by Crippen LogP contribution is 2.25. The maximum Gasteiger partial charge on any atom is 0.313 e. The Morgan fingerprint density at radius 1 is 1.50 bits per heavy atom. The molecule has 4 nitrogen and oxygen atoms in total. The Kier molecular flexibility index (Phi) is 4.44. The van der Waals surface area contributed by atoms with Crippen molar-refractivity contribution in [2.45, 2.75) is 25.5 Å². The number of carboxylic acids is 1. The smallest absolute Gasteiger partial charge is 0.313 e. The van der Waals surface area contributed by atoms with Crippen molar-refractivity contribution < 1.29 is 14.3 Å². The van der Waals surface area contributed by atoms with Crippen LogP contribution in [-0.4, -0.2) is 26.4 Å². The second-order valence-corrected chi connectivity index (χ2v) is 5.54. The second-order valence-electron chi connectivity index (χ2n) is 4.60. The highest BCUT2D eigenvalue weighted by molar-refractivity contribution is 7.99. The van der Waals surface area contributed by atoms with Gasteiger partial charge in [0.05, 0.1) is 16.8 Å². The minimum atomic E-state index is -0.901. The molecule has 20 heavy (non-hydrogen) atoms. The molecule has 6 heteroatoms. The van der Waals surface area contributed by atoms with Crippen molar-refractivity contribution in [3.8, 4) is 0 Å². The number of nitrogens with zero attached hydrogens (tertiary/aromatic N) is 2. The van der Waals surface area contributed by atoms with Gasteiger partial charge in [0, 0.05) is 12.6 Å². The van der Waals surface area contributed by atoms with Gasteiger partial charge in [0.15, 0.2) is 5.16 Å². The molecule has 0 amide bonds. The molecule has 2 aromatic rings. The van der Waals surface area contributed by atoms with Gasteiger partial charge in [-0.15, -0.1) is 0 Å². The standard InChI is InChI=1S/C14H15FN2O2S/c1-9(2)5-6-17-12-4-3-10(15)7-11(12)16-14(17)20-8-13(18)19/h3-5,7H,6,8H2,1-2H3,(H,18,19). The summed E-state index contributed by atoms with van der Waals surface area (Å²) in [5, 5.41) is 9.36. The number of hydrogen-bond acceptors (Lipinski definition) is 3. The number of imidazole rings is 1. The number of aliphatic carboxylic acids is 1. The van der Waals surface area contributed by atoms with E-state index in [4.69, 9.17) is 5.11 Å². The number of fused-ring (bicyclic) bond motifs is 1. The normalized spacial score (nSPS) is 10.8. The molecule has 0 aliphatic carbocycles. The van der Waals surface area contributed by atoms with E-state index in [0.717, 1.165) is 22.9 Å². The molecule has 0 aliphatic heterocycles. The van der Waals surface area contributed by atoms with Gasteiger partial charge in [-0.3, -0.25) is 4.79 Å². The Morgan fingerprint density at radius 3 is 2.90 bits per heavy atom. The molecular weight excluding hydrogens is 279 g/mol. The highest BCUT2D eigenvalue weighted by atomic mass is 32.2. The first kappa shape index (κ1) is 14.6. The molecule has 0 unspecified atom stereocenters. The summed E-state index contributed by atoms with van der Waals surface area (Å²) in [5.41, 5.74) is 2.50. The summed E-state index contributed by atoms with van der Waals surface area (Å²) in [7, 11) is 0. The lowest BCUT2D eigenvalue weighted by Crippen LogP contribution is -2.02. The monoisotopic (exact) mass is 294 g/mol. The largest absolute Gasteiger partial charge is 0.481 e. The molecule has 0 saturated heterocycles. The van der Waals surface area contributed by atoms with Crippen molar-refractivity contribution in [3.63, 3.8) is 0 Å². The second kappa shape index (κ2) is 6.09. The van der Waals surface area contributed by atoms with E-state index >= 15 is 0 Å². The Morgan fingerprint density at radius 2 is 2.25 bits per heavy atom. The summed E-state index contributed by atoms with van der Waals surface area (Å²) < 4.78 is 15.1. The average molecular weight is 294 g/mol. The Hall–Kier alpha value is -1.82. The van der Waals surface area contributed by atoms with E-state index in [9.17, 15) is 9.18 Å². The Labute approximate surface area is 120 Å². The maximum atomic E-state index is 13.2. The summed E-state index contributed by atoms with van der Waals surface area (Å²) in [5.74, 6) is -1.32. The SMILES string of the molecule is CC(C)=CCn1c(SCC(=O)O)nc2cc(F)ccc21. The van der Waals surface area contributed by atoms with Gasteiger partial charge in [0.2, 0.25) is 0 Å². The topological polar surface area (TPSA) is 55.1 Å². The summed E-state index contributed by atoms with van der Waals surface area (Å²) in [6.45, 7) is 4.57. The number of rotatable bonds is 5. The van der Waals surface area contributed by atoms with E-state index in [1.807, 2.05) is 24.5 Å². The molecule has 0 bridgehead atoms. The van der Waals surface area contributed by atoms with Crippen molar-refractivity contribution in [3.05, 3.63) is 35.7 Å². The molecule has 1 heterocycles. The Balaban J connectivity index is 2.44. The van der Waals surface area contributed by atoms with E-state index in [1.165, 1.54) is 12.1 Å². The van der Waals surface area contributed by atoms with E-state index in [0.29, 0.717) is 17.2 Å². The van der Waals surface area contributed by atoms with Crippen molar-refractivity contribution in [1.82, 2.24) is 9.55 Å². The number of halogens is 1. The molecule has 0 fully saturated rings. The number of hydrogen-bond donors (Lipinski definition) is 1. The first-order valence-corrected chi connectivity index (χ1v) is 7.09. The fourth-order valence-corrected chi connectivity index (χ4v) is 2.51. The number of carbonyl (C=O) groups is 1. The zero-order valence-corrected chi connectivity index (χ0v) is 12.1. The average Bonchev–Trinajstić information content (AvgIpc) is 2.70. The molecule has 2 rings (SSSR count). The molecular formula is C14H15FN2O2S. The highest BCUT2D eigenvalue weighted by Gasteiger charge is 2.12. The van der Waals surface area contributed by atoms with Crippen LogP contribution in [0.15, 0.2) is 35.0 Å². The van der Waals surface area contributed by atoms with Crippen molar-refractivity contribution >= 4 is 28.8 Å². The third kappa shape index (κ3) is 3.39. The van der Waals surface area contributed by atoms with E-state index in [-0.39, 0.29) is 11.6 Å². The van der Waals surface area contributed by atoms with Gasteiger partial charge in [-0.25, -0.2) is 9.37 Å². The molecule has 1 N–H and O–H groups in total. The quantitative estimate of drug-likeness (QED) is 0.679. The zero-order valence-electron chi connectivity index (χ0n) is 11.3. The van der Waals surface area contributed by atoms with E-state index in [1.54, 1.807) is 6.07 Å². The van der Waals surface area contributed by atoms with Gasteiger partial charge in [0.25, 0.3) is 0 Å². The van der Waals surface area contributed by atoms with Crippen LogP contribution in [0, 0.1) is 5.82 Å². The Bertz CT molecular complexity index is 675. The molecule has 0 radical (unpaired) electrons. The van der Waals surface area contributed by atoms with E-state index < -0.39 is 5.97 Å². The van der Waals surface area contributed by atoms with Crippen LogP contribution in [-0.2, 0) is 11.3 Å². The van der Waals surface area contributed by atoms with Gasteiger partial charge in [-0.05, 0) is 26.0 Å². The molecule has 0 atom stereocenters. The fourth-order valence-electron chi connectivity index (χ4n) is 1.77. The van der Waals surface area contributed by atoms with Crippen LogP contribution in [0.3, 0.4) is 0 Å². The lowest BCUT2D eigenvalue weighted by molar-refractivity contribution is -0.133. The van der Waals surface area contributed by atoms with Crippen LogP contribution in [0.1, 0.15) is 13.8 Å². The summed E-state index contributed by atoms with van der Waals surface area (Å²) >= 11 is 1.14. The lowest BCUT2D eigenvalue weighted by atomic mass is 10.3. The van der Waals surface area contributed by atoms with Gasteiger partial charge in [-0.1, -0.05) is 23.4 Å². The van der Waals surface area contributed by atoms with Crippen molar-refractivity contribution in [1.29, 1.82) is 0 Å². The van der Waals surface area contributed by atoms with Crippen LogP contribution >= 0.6 is 11.8 Å². The van der Waals surface area contributed by atoms with Crippen molar-refractivity contribution in [2.75, 3.05) is 5.75 Å². The van der Waals surface area contributed by atoms with Crippen molar-refractivity contribution in [2.24, 2.45) is 0 Å². The van der Waals surface area contributed by atoms with Crippen LogP contribution in [0.4, 0.5) is 4.39 Å². The molecule has 1 aromatic carbocycles. The van der Waals surface area contributed by atoms with E-state index in [2.05, 4.69) is 4.98 Å². The summed E-state index contributed by atoms with van der Waals surface area (Å²) in [6, 6.07) is 4.41. The number of carboxylic acid groups (broad SMARTS) is 1. The number of benzene rings is 1. The summed E-state index contributed by atoms with van der Waals surface area (Å²) in [4.78, 5) is 15.0. The van der Waals surface area contributed by atoms with Crippen LogP contribution in [0.2, 0.25) is 0 Å². The van der Waals surface area contributed by atoms with Gasteiger partial charge < -0.3 is 9.67 Å². The molecule has 1 aromatic heterocycles. The lowest BCUT2D eigenvalue weighted by Gasteiger charge is -2.05. The molecule has 106 valence electrons. The molecule has 0 aliphatic rings. The molecule has 0 spiro atoms. The van der Waals surface area contributed by atoms with Gasteiger partial charge in [-0.2, -0.15) is 0 Å². The third-order valence-electron chi connectivity index (χ3n) is 2.68. The predicted molar refractivity (Wildman–Crippen MR) is 77.5 cm³/mol. The summed E-state index contributed by atoms with van der Waals surface area (Å²) in [6.07, 6.45) is 2.02. The van der Waals surface area contributed by atoms with Crippen LogP contribution < -0.4 is 0 Å². The van der Waals surface area contributed by atoms with Gasteiger partial charge in [0.1, 0.15) is 5.82 Å². The van der Waals surface area contributed by atoms with Gasteiger partial charge >= 0.3 is 5.97 Å². The first-order valence-electron chi connectivity index (χ1n) is 6.11.